The molecule has 0 radical (unpaired) electrons. The van der Waals surface area contributed by atoms with Crippen LogP contribution >= 0.6 is 0 Å². The maximum absolute atomic E-state index is 13.6. The van der Waals surface area contributed by atoms with E-state index < -0.39 is 10.0 Å². The molecule has 0 aliphatic carbocycles. The van der Waals surface area contributed by atoms with Crippen molar-refractivity contribution in [3.63, 3.8) is 0 Å². The van der Waals surface area contributed by atoms with Gasteiger partial charge in [-0.15, -0.1) is 0 Å². The van der Waals surface area contributed by atoms with Crippen molar-refractivity contribution in [2.24, 2.45) is 0 Å². The third-order valence-electron chi connectivity index (χ3n) is 6.97. The summed E-state index contributed by atoms with van der Waals surface area (Å²) in [7, 11) is 0.399. The smallest absolute Gasteiger partial charge is 0.243 e. The van der Waals surface area contributed by atoms with Gasteiger partial charge in [0.05, 0.1) is 18.0 Å². The van der Waals surface area contributed by atoms with E-state index in [9.17, 15) is 13.5 Å². The number of fused-ring (bicyclic) bond motifs is 1. The van der Waals surface area contributed by atoms with Gasteiger partial charge >= 0.3 is 0 Å². The summed E-state index contributed by atoms with van der Waals surface area (Å²) in [6, 6.07) is 15.5. The largest absolute Gasteiger partial charge is 0.395 e. The highest BCUT2D eigenvalue weighted by molar-refractivity contribution is 7.89. The maximum Gasteiger partial charge on any atom is 0.243 e. The van der Waals surface area contributed by atoms with Crippen LogP contribution in [0.5, 0.6) is 0 Å². The molecule has 0 amide bonds. The second-order valence-electron chi connectivity index (χ2n) is 9.58. The van der Waals surface area contributed by atoms with Crippen molar-refractivity contribution in [3.05, 3.63) is 65.2 Å². The first kappa shape index (κ1) is 24.9. The number of rotatable bonds is 5. The number of nitrogens with zero attached hydrogens (tertiary/aromatic N) is 3. The Morgan fingerprint density at radius 3 is 2.44 bits per heavy atom. The molecule has 7 heteroatoms. The molecule has 0 bridgehead atoms. The molecule has 2 aromatic carbocycles. The Morgan fingerprint density at radius 1 is 1.06 bits per heavy atom. The van der Waals surface area contributed by atoms with Gasteiger partial charge in [-0.25, -0.2) is 8.42 Å². The number of hydrogen-bond donors (Lipinski definition) is 1. The molecule has 2 saturated heterocycles. The molecule has 2 aliphatic heterocycles. The maximum atomic E-state index is 13.6. The molecule has 0 spiro atoms. The molecular weight excluding hydrogens is 446 g/mol. The molecule has 0 aromatic heterocycles. The van der Waals surface area contributed by atoms with Crippen molar-refractivity contribution in [3.8, 4) is 11.8 Å². The van der Waals surface area contributed by atoms with Crippen LogP contribution in [0.4, 0.5) is 0 Å². The van der Waals surface area contributed by atoms with Crippen LogP contribution in [0.3, 0.4) is 0 Å². The van der Waals surface area contributed by atoms with Gasteiger partial charge in [0.15, 0.2) is 0 Å². The van der Waals surface area contributed by atoms with Crippen molar-refractivity contribution < 1.29 is 13.5 Å². The first-order chi connectivity index (χ1) is 16.3. The molecule has 6 nitrogen and oxygen atoms in total. The van der Waals surface area contributed by atoms with Crippen molar-refractivity contribution >= 4 is 10.0 Å². The molecular formula is C27H35N3O3S. The van der Waals surface area contributed by atoms with E-state index in [1.807, 2.05) is 50.2 Å². The second kappa shape index (κ2) is 10.6. The Hall–Kier alpha value is -2.21. The highest BCUT2D eigenvalue weighted by Gasteiger charge is 2.50. The Morgan fingerprint density at radius 2 is 1.76 bits per heavy atom. The van der Waals surface area contributed by atoms with Crippen molar-refractivity contribution in [1.29, 1.82) is 0 Å². The second-order valence-corrected chi connectivity index (χ2v) is 11.5. The highest BCUT2D eigenvalue weighted by Crippen LogP contribution is 2.42. The summed E-state index contributed by atoms with van der Waals surface area (Å²) in [5.41, 5.74) is 2.86. The van der Waals surface area contributed by atoms with Gasteiger partial charge in [0.25, 0.3) is 0 Å². The minimum atomic E-state index is -3.59. The van der Waals surface area contributed by atoms with E-state index >= 15 is 0 Å². The van der Waals surface area contributed by atoms with E-state index in [0.29, 0.717) is 24.5 Å². The third kappa shape index (κ3) is 5.07. The van der Waals surface area contributed by atoms with Crippen LogP contribution in [-0.2, 0) is 10.0 Å². The van der Waals surface area contributed by atoms with E-state index in [1.54, 1.807) is 16.4 Å². The number of sulfonamides is 1. The van der Waals surface area contributed by atoms with Crippen molar-refractivity contribution in [1.82, 2.24) is 14.1 Å². The monoisotopic (exact) mass is 481 g/mol. The summed E-state index contributed by atoms with van der Waals surface area (Å²) in [6.07, 6.45) is 1.73. The zero-order chi connectivity index (χ0) is 24.3. The van der Waals surface area contributed by atoms with Gasteiger partial charge in [-0.05, 0) is 69.7 Å². The number of aliphatic hydroxyl groups excluding tert-OH is 1. The van der Waals surface area contributed by atoms with Gasteiger partial charge in [-0.3, -0.25) is 9.80 Å². The Kier molecular flexibility index (Phi) is 7.76. The molecule has 0 saturated carbocycles. The number of hydrogen-bond acceptors (Lipinski definition) is 5. The van der Waals surface area contributed by atoms with Crippen LogP contribution in [0.1, 0.15) is 35.4 Å². The van der Waals surface area contributed by atoms with E-state index in [1.165, 1.54) is 0 Å². The summed E-state index contributed by atoms with van der Waals surface area (Å²) in [5, 5.41) is 10.2. The van der Waals surface area contributed by atoms with Crippen LogP contribution in [0.2, 0.25) is 0 Å². The molecule has 0 unspecified atom stereocenters. The summed E-state index contributed by atoms with van der Waals surface area (Å²) < 4.78 is 28.8. The van der Waals surface area contributed by atoms with Crippen molar-refractivity contribution in [2.75, 3.05) is 46.9 Å². The summed E-state index contributed by atoms with van der Waals surface area (Å²) in [6.45, 7) is 4.47. The van der Waals surface area contributed by atoms with E-state index in [-0.39, 0.29) is 24.6 Å². The fraction of sp³-hybridized carbons (Fsp3) is 0.481. The Bertz CT molecular complexity index is 1150. The Labute approximate surface area is 204 Å². The standard InChI is InChI=1S/C27H35N3O3S/c1-21-9-4-5-11-26(21)34(32,33)29-17-6-7-18-30-24(19-29)27(25(30)20-31)23-14-12-22(13-15-23)10-8-16-28(2)3/h4-5,9,11-15,24-25,27,31H,6-7,16-20H2,1-3H3/t24-,25+,27-/m0/s1. The lowest BCUT2D eigenvalue weighted by atomic mass is 9.74. The number of aryl methyl sites for hydroxylation is 1. The zero-order valence-corrected chi connectivity index (χ0v) is 21.1. The zero-order valence-electron chi connectivity index (χ0n) is 20.3. The van der Waals surface area contributed by atoms with Crippen LogP contribution < -0.4 is 0 Å². The fourth-order valence-electron chi connectivity index (χ4n) is 5.20. The molecule has 4 rings (SSSR count). The molecule has 2 aliphatic rings. The van der Waals surface area contributed by atoms with E-state index in [2.05, 4.69) is 28.9 Å². The molecule has 3 atom stereocenters. The lowest BCUT2D eigenvalue weighted by Crippen LogP contribution is -2.67. The van der Waals surface area contributed by atoms with Crippen molar-refractivity contribution in [2.45, 2.75) is 42.7 Å². The first-order valence-electron chi connectivity index (χ1n) is 12.0. The lowest BCUT2D eigenvalue weighted by molar-refractivity contribution is -0.0553. The fourth-order valence-corrected chi connectivity index (χ4v) is 6.92. The molecule has 2 heterocycles. The SMILES string of the molecule is Cc1ccccc1S(=O)(=O)N1CCCCN2[C@H](CO)[C@@H](c3ccc(C#CCN(C)C)cc3)[C@@H]2C1. The molecule has 2 aromatic rings. The van der Waals surface area contributed by atoms with Crippen LogP contribution in [0.15, 0.2) is 53.4 Å². The first-order valence-corrected chi connectivity index (χ1v) is 13.4. The normalized spacial score (nSPS) is 23.9. The average molecular weight is 482 g/mol. The topological polar surface area (TPSA) is 64.1 Å². The van der Waals surface area contributed by atoms with Crippen LogP contribution in [0.25, 0.3) is 0 Å². The number of aliphatic hydroxyl groups is 1. The van der Waals surface area contributed by atoms with Gasteiger partial charge < -0.3 is 5.11 Å². The van der Waals surface area contributed by atoms with E-state index in [0.717, 1.165) is 36.1 Å². The van der Waals surface area contributed by atoms with Crippen LogP contribution in [0, 0.1) is 18.8 Å². The molecule has 182 valence electrons. The van der Waals surface area contributed by atoms with Gasteiger partial charge in [-0.1, -0.05) is 42.2 Å². The van der Waals surface area contributed by atoms with Gasteiger partial charge in [0, 0.05) is 36.7 Å². The highest BCUT2D eigenvalue weighted by atomic mass is 32.2. The molecule has 34 heavy (non-hydrogen) atoms. The quantitative estimate of drug-likeness (QED) is 0.665. The summed E-state index contributed by atoms with van der Waals surface area (Å²) >= 11 is 0. The predicted molar refractivity (Wildman–Crippen MR) is 135 cm³/mol. The lowest BCUT2D eigenvalue weighted by Gasteiger charge is -2.57. The minimum absolute atomic E-state index is 0.0109. The summed E-state index contributed by atoms with van der Waals surface area (Å²) in [5.74, 6) is 6.43. The Balaban J connectivity index is 1.59. The average Bonchev–Trinajstić information content (AvgIpc) is 2.78. The third-order valence-corrected chi connectivity index (χ3v) is 8.99. The number of benzene rings is 2. The van der Waals surface area contributed by atoms with E-state index in [4.69, 9.17) is 0 Å². The molecule has 1 N–H and O–H groups in total. The predicted octanol–water partition coefficient (Wildman–Crippen LogP) is 2.52. The van der Waals surface area contributed by atoms with Gasteiger partial charge in [-0.2, -0.15) is 4.31 Å². The minimum Gasteiger partial charge on any atom is -0.395 e. The van der Waals surface area contributed by atoms with Gasteiger partial charge in [0.1, 0.15) is 0 Å². The van der Waals surface area contributed by atoms with Crippen LogP contribution in [-0.4, -0.2) is 86.6 Å². The molecule has 2 fully saturated rings. The summed E-state index contributed by atoms with van der Waals surface area (Å²) in [4.78, 5) is 4.72. The van der Waals surface area contributed by atoms with Gasteiger partial charge in [0.2, 0.25) is 10.0 Å².